The van der Waals surface area contributed by atoms with E-state index >= 15 is 0 Å². The molecule has 0 bridgehead atoms. The van der Waals surface area contributed by atoms with E-state index in [-0.39, 0.29) is 5.82 Å². The predicted molar refractivity (Wildman–Crippen MR) is 102 cm³/mol. The lowest BCUT2D eigenvalue weighted by atomic mass is 9.93. The number of nitrogens with one attached hydrogen (secondary N) is 1. The Hall–Kier alpha value is -2.60. The van der Waals surface area contributed by atoms with E-state index in [1.54, 1.807) is 12.1 Å². The van der Waals surface area contributed by atoms with Crippen molar-refractivity contribution in [2.45, 2.75) is 25.8 Å². The van der Waals surface area contributed by atoms with Gasteiger partial charge in [-0.2, -0.15) is 0 Å². The molecule has 0 unspecified atom stereocenters. The first-order valence-corrected chi connectivity index (χ1v) is 9.30. The van der Waals surface area contributed by atoms with Gasteiger partial charge in [-0.05, 0) is 80.2 Å². The van der Waals surface area contributed by atoms with Crippen LogP contribution >= 0.6 is 0 Å². The number of hydrogen-bond acceptors (Lipinski definition) is 3. The number of ether oxygens (including phenoxy) is 1. The van der Waals surface area contributed by atoms with Crippen LogP contribution in [0.5, 0.6) is 11.5 Å². The third-order valence-corrected chi connectivity index (χ3v) is 4.89. The Balaban J connectivity index is 1.47. The molecule has 0 radical (unpaired) electrons. The second-order valence-electron chi connectivity index (χ2n) is 6.94. The molecule has 0 spiro atoms. The zero-order valence-corrected chi connectivity index (χ0v) is 15.2. The average Bonchev–Trinajstić information content (AvgIpc) is 2.65. The number of nitrogens with zero attached hydrogens (tertiary/aromatic N) is 1. The average molecular weight is 372 g/mol. The minimum atomic E-state index is -0.949. The number of hydrogen-bond donors (Lipinski definition) is 2. The Kier molecular flexibility index (Phi) is 6.65. The van der Waals surface area contributed by atoms with E-state index in [1.165, 1.54) is 17.7 Å². The molecule has 0 aromatic heterocycles. The molecule has 1 aliphatic heterocycles. The largest absolute Gasteiger partial charge is 0.465 e. The molecule has 6 heteroatoms. The fourth-order valence-corrected chi connectivity index (χ4v) is 3.42. The van der Waals surface area contributed by atoms with E-state index in [9.17, 15) is 9.18 Å². The molecule has 2 N–H and O–H groups in total. The van der Waals surface area contributed by atoms with E-state index in [4.69, 9.17) is 9.84 Å². The number of halogens is 1. The smallest absolute Gasteiger partial charge is 0.404 e. The Morgan fingerprint density at radius 1 is 1.15 bits per heavy atom. The topological polar surface area (TPSA) is 61.8 Å². The van der Waals surface area contributed by atoms with Crippen LogP contribution in [0.15, 0.2) is 48.5 Å². The van der Waals surface area contributed by atoms with Crippen molar-refractivity contribution in [3.8, 4) is 11.5 Å². The molecule has 2 aromatic rings. The Labute approximate surface area is 158 Å². The molecule has 1 aliphatic rings. The number of rotatable bonds is 7. The van der Waals surface area contributed by atoms with Crippen LogP contribution in [0, 0.1) is 11.7 Å². The van der Waals surface area contributed by atoms with Crippen LogP contribution in [0.2, 0.25) is 0 Å². The summed E-state index contributed by atoms with van der Waals surface area (Å²) in [7, 11) is 0. The first kappa shape index (κ1) is 19.2. The van der Waals surface area contributed by atoms with Gasteiger partial charge in [0.1, 0.15) is 17.3 Å². The summed E-state index contributed by atoms with van der Waals surface area (Å²) in [4.78, 5) is 12.9. The van der Waals surface area contributed by atoms with E-state index in [2.05, 4.69) is 16.3 Å². The van der Waals surface area contributed by atoms with Gasteiger partial charge in [-0.1, -0.05) is 12.1 Å². The predicted octanol–water partition coefficient (Wildman–Crippen LogP) is 4.49. The second kappa shape index (κ2) is 9.37. The Morgan fingerprint density at radius 3 is 2.59 bits per heavy atom. The highest BCUT2D eigenvalue weighted by molar-refractivity contribution is 5.64. The molecular weight excluding hydrogens is 347 g/mol. The van der Waals surface area contributed by atoms with Gasteiger partial charge in [-0.25, -0.2) is 9.18 Å². The molecule has 3 rings (SSSR count). The second-order valence-corrected chi connectivity index (χ2v) is 6.94. The number of piperidine rings is 1. The molecule has 0 saturated carbocycles. The highest BCUT2D eigenvalue weighted by atomic mass is 19.1. The molecule has 1 heterocycles. The minimum Gasteiger partial charge on any atom is -0.465 e. The number of amides is 1. The van der Waals surface area contributed by atoms with Crippen molar-refractivity contribution < 1.29 is 19.0 Å². The van der Waals surface area contributed by atoms with Crippen LogP contribution in [-0.2, 0) is 6.54 Å². The monoisotopic (exact) mass is 372 g/mol. The maximum atomic E-state index is 13.0. The highest BCUT2D eigenvalue weighted by Crippen LogP contribution is 2.25. The van der Waals surface area contributed by atoms with Crippen molar-refractivity contribution in [2.24, 2.45) is 5.92 Å². The fraction of sp³-hybridized carbons (Fsp3) is 0.381. The summed E-state index contributed by atoms with van der Waals surface area (Å²) in [6.07, 6.45) is 2.14. The standard InChI is InChI=1S/C21H25FN2O3/c22-18-4-6-19(7-5-18)27-20-3-1-2-17(14-20)15-24-12-9-16(10-13-24)8-11-23-21(25)26/h1-7,14,16,23H,8-13,15H2,(H,25,26). The summed E-state index contributed by atoms with van der Waals surface area (Å²) >= 11 is 0. The van der Waals surface area contributed by atoms with Gasteiger partial charge in [0, 0.05) is 13.1 Å². The molecular formula is C21H25FN2O3. The molecule has 5 nitrogen and oxygen atoms in total. The SMILES string of the molecule is O=C(O)NCCC1CCN(Cc2cccc(Oc3ccc(F)cc3)c2)CC1. The van der Waals surface area contributed by atoms with Crippen LogP contribution in [-0.4, -0.2) is 35.7 Å². The van der Waals surface area contributed by atoms with Crippen molar-refractivity contribution in [1.29, 1.82) is 0 Å². The van der Waals surface area contributed by atoms with Crippen molar-refractivity contribution >= 4 is 6.09 Å². The number of carboxylic acid groups (broad SMARTS) is 1. The van der Waals surface area contributed by atoms with Crippen molar-refractivity contribution in [1.82, 2.24) is 10.2 Å². The van der Waals surface area contributed by atoms with Gasteiger partial charge >= 0.3 is 6.09 Å². The molecule has 2 aromatic carbocycles. The molecule has 1 amide bonds. The van der Waals surface area contributed by atoms with Gasteiger partial charge in [0.25, 0.3) is 0 Å². The van der Waals surface area contributed by atoms with Crippen LogP contribution < -0.4 is 10.1 Å². The molecule has 1 fully saturated rings. The third-order valence-electron chi connectivity index (χ3n) is 4.89. The van der Waals surface area contributed by atoms with Crippen molar-refractivity contribution in [3.63, 3.8) is 0 Å². The molecule has 1 saturated heterocycles. The summed E-state index contributed by atoms with van der Waals surface area (Å²) in [5.74, 6) is 1.66. The lowest BCUT2D eigenvalue weighted by molar-refractivity contribution is 0.168. The maximum absolute atomic E-state index is 13.0. The normalized spacial score (nSPS) is 15.4. The first-order chi connectivity index (χ1) is 13.1. The van der Waals surface area contributed by atoms with E-state index in [1.807, 2.05) is 18.2 Å². The fourth-order valence-electron chi connectivity index (χ4n) is 3.42. The van der Waals surface area contributed by atoms with Gasteiger partial charge in [0.15, 0.2) is 0 Å². The molecule has 144 valence electrons. The van der Waals surface area contributed by atoms with Crippen molar-refractivity contribution in [3.05, 3.63) is 59.9 Å². The highest BCUT2D eigenvalue weighted by Gasteiger charge is 2.19. The Morgan fingerprint density at radius 2 is 1.89 bits per heavy atom. The quantitative estimate of drug-likeness (QED) is 0.752. The minimum absolute atomic E-state index is 0.279. The number of carbonyl (C=O) groups is 1. The zero-order chi connectivity index (χ0) is 19.1. The lowest BCUT2D eigenvalue weighted by Gasteiger charge is -2.32. The number of likely N-dealkylation sites (tertiary alicyclic amines) is 1. The number of benzene rings is 2. The van der Waals surface area contributed by atoms with Gasteiger partial charge in [-0.15, -0.1) is 0 Å². The van der Waals surface area contributed by atoms with Gasteiger partial charge in [-0.3, -0.25) is 4.90 Å². The van der Waals surface area contributed by atoms with Crippen molar-refractivity contribution in [2.75, 3.05) is 19.6 Å². The molecule has 0 atom stereocenters. The summed E-state index contributed by atoms with van der Waals surface area (Å²) in [5.41, 5.74) is 1.18. The van der Waals surface area contributed by atoms with Gasteiger partial charge in [0.2, 0.25) is 0 Å². The van der Waals surface area contributed by atoms with E-state index in [0.717, 1.165) is 44.6 Å². The van der Waals surface area contributed by atoms with Crippen LogP contribution in [0.4, 0.5) is 9.18 Å². The van der Waals surface area contributed by atoms with Crippen LogP contribution in [0.25, 0.3) is 0 Å². The lowest BCUT2D eigenvalue weighted by Crippen LogP contribution is -2.34. The summed E-state index contributed by atoms with van der Waals surface area (Å²) < 4.78 is 18.8. The molecule has 27 heavy (non-hydrogen) atoms. The van der Waals surface area contributed by atoms with Gasteiger partial charge in [0.05, 0.1) is 0 Å². The van der Waals surface area contributed by atoms with E-state index in [0.29, 0.717) is 18.2 Å². The van der Waals surface area contributed by atoms with Crippen LogP contribution in [0.1, 0.15) is 24.8 Å². The zero-order valence-electron chi connectivity index (χ0n) is 15.2. The summed E-state index contributed by atoms with van der Waals surface area (Å²) in [6.45, 7) is 3.42. The molecule has 0 aliphatic carbocycles. The Bertz CT molecular complexity index is 743. The van der Waals surface area contributed by atoms with Gasteiger partial charge < -0.3 is 15.2 Å². The summed E-state index contributed by atoms with van der Waals surface area (Å²) in [6, 6.07) is 14.0. The third kappa shape index (κ3) is 6.25. The van der Waals surface area contributed by atoms with Crippen LogP contribution in [0.3, 0.4) is 0 Å². The summed E-state index contributed by atoms with van der Waals surface area (Å²) in [5, 5.41) is 11.1. The first-order valence-electron chi connectivity index (χ1n) is 9.30. The van der Waals surface area contributed by atoms with E-state index < -0.39 is 6.09 Å². The maximum Gasteiger partial charge on any atom is 0.404 e.